The molecule has 0 spiro atoms. The molecule has 0 aliphatic rings. The van der Waals surface area contributed by atoms with Crippen molar-refractivity contribution >= 4 is 21.7 Å². The fourth-order valence-corrected chi connectivity index (χ4v) is 2.02. The zero-order chi connectivity index (χ0) is 14.3. The van der Waals surface area contributed by atoms with E-state index in [2.05, 4.69) is 26.9 Å². The van der Waals surface area contributed by atoms with Gasteiger partial charge in [-0.2, -0.15) is 0 Å². The number of nitrogen functional groups attached to an aromatic ring is 1. The number of hydrogen-bond donors (Lipinski definition) is 3. The summed E-state index contributed by atoms with van der Waals surface area (Å²) < 4.78 is 24.1. The monoisotopic (exact) mass is 287 g/mol. The van der Waals surface area contributed by atoms with E-state index in [1.807, 2.05) is 0 Å². The smallest absolute Gasteiger partial charge is 0.208 e. The van der Waals surface area contributed by atoms with Crippen LogP contribution in [-0.4, -0.2) is 37.7 Å². The number of anilines is 2. The van der Waals surface area contributed by atoms with E-state index in [0.717, 1.165) is 24.9 Å². The Morgan fingerprint density at radius 3 is 2.68 bits per heavy atom. The van der Waals surface area contributed by atoms with Crippen LogP contribution in [0.4, 0.5) is 11.6 Å². The first-order valence-electron chi connectivity index (χ1n) is 6.22. The Morgan fingerprint density at radius 2 is 2.05 bits per heavy atom. The lowest BCUT2D eigenvalue weighted by atomic mass is 10.3. The van der Waals surface area contributed by atoms with Gasteiger partial charge in [0, 0.05) is 25.6 Å². The third kappa shape index (κ3) is 6.92. The second-order valence-electron chi connectivity index (χ2n) is 4.29. The zero-order valence-electron chi connectivity index (χ0n) is 11.3. The number of rotatable bonds is 8. The molecule has 0 amide bonds. The topological polar surface area (TPSA) is 110 Å². The van der Waals surface area contributed by atoms with Crippen molar-refractivity contribution in [3.63, 3.8) is 0 Å². The Kier molecular flexibility index (Phi) is 5.97. The van der Waals surface area contributed by atoms with Gasteiger partial charge < -0.3 is 11.1 Å². The number of aryl methyl sites for hydroxylation is 1. The Bertz CT molecular complexity index is 504. The zero-order valence-corrected chi connectivity index (χ0v) is 12.1. The van der Waals surface area contributed by atoms with Crippen LogP contribution in [0.15, 0.2) is 6.07 Å². The summed E-state index contributed by atoms with van der Waals surface area (Å²) in [5, 5.41) is 3.10. The molecule has 0 atom stereocenters. The van der Waals surface area contributed by atoms with Gasteiger partial charge in [-0.25, -0.2) is 23.1 Å². The van der Waals surface area contributed by atoms with Gasteiger partial charge in [-0.1, -0.05) is 6.92 Å². The number of sulfonamides is 1. The molecule has 19 heavy (non-hydrogen) atoms. The van der Waals surface area contributed by atoms with Gasteiger partial charge in [0.05, 0.1) is 6.26 Å². The molecule has 1 rings (SSSR count). The molecule has 0 aromatic carbocycles. The molecule has 0 aliphatic carbocycles. The average molecular weight is 287 g/mol. The van der Waals surface area contributed by atoms with Gasteiger partial charge in [-0.05, 0) is 12.8 Å². The van der Waals surface area contributed by atoms with Crippen LogP contribution in [0.1, 0.15) is 25.6 Å². The van der Waals surface area contributed by atoms with Crippen molar-refractivity contribution < 1.29 is 8.42 Å². The molecular formula is C11H21N5O2S. The molecular weight excluding hydrogens is 266 g/mol. The summed E-state index contributed by atoms with van der Waals surface area (Å²) in [6.45, 7) is 3.06. The van der Waals surface area contributed by atoms with Crippen LogP contribution in [0.2, 0.25) is 0 Å². The number of aromatic nitrogens is 2. The lowest BCUT2D eigenvalue weighted by molar-refractivity contribution is 0.586. The Hall–Kier alpha value is -1.41. The van der Waals surface area contributed by atoms with Crippen molar-refractivity contribution in [2.24, 2.45) is 0 Å². The van der Waals surface area contributed by atoms with Gasteiger partial charge in [0.25, 0.3) is 0 Å². The lowest BCUT2D eigenvalue weighted by Gasteiger charge is -2.08. The van der Waals surface area contributed by atoms with Gasteiger partial charge in [-0.15, -0.1) is 0 Å². The number of hydrogen-bond acceptors (Lipinski definition) is 6. The minimum absolute atomic E-state index is 0.397. The lowest BCUT2D eigenvalue weighted by Crippen LogP contribution is -2.24. The van der Waals surface area contributed by atoms with E-state index in [1.165, 1.54) is 0 Å². The maximum absolute atomic E-state index is 10.9. The SMILES string of the molecule is CCCc1nc(N)cc(NCCCNS(C)(=O)=O)n1. The van der Waals surface area contributed by atoms with Crippen molar-refractivity contribution in [2.75, 3.05) is 30.4 Å². The van der Waals surface area contributed by atoms with Crippen LogP contribution in [0.3, 0.4) is 0 Å². The maximum Gasteiger partial charge on any atom is 0.208 e. The van der Waals surface area contributed by atoms with E-state index in [9.17, 15) is 8.42 Å². The maximum atomic E-state index is 10.9. The van der Waals surface area contributed by atoms with Gasteiger partial charge in [0.2, 0.25) is 10.0 Å². The molecule has 8 heteroatoms. The number of nitrogens with one attached hydrogen (secondary N) is 2. The first-order valence-corrected chi connectivity index (χ1v) is 8.12. The highest BCUT2D eigenvalue weighted by Crippen LogP contribution is 2.09. The summed E-state index contributed by atoms with van der Waals surface area (Å²) in [4.78, 5) is 8.46. The number of nitrogens with two attached hydrogens (primary N) is 1. The number of nitrogens with zero attached hydrogens (tertiary/aromatic N) is 2. The largest absolute Gasteiger partial charge is 0.384 e. The van der Waals surface area contributed by atoms with Crippen molar-refractivity contribution in [3.8, 4) is 0 Å². The molecule has 1 heterocycles. The van der Waals surface area contributed by atoms with E-state index in [-0.39, 0.29) is 0 Å². The minimum Gasteiger partial charge on any atom is -0.384 e. The highest BCUT2D eigenvalue weighted by molar-refractivity contribution is 7.88. The van der Waals surface area contributed by atoms with Crippen LogP contribution in [0, 0.1) is 0 Å². The predicted molar refractivity (Wildman–Crippen MR) is 76.4 cm³/mol. The Balaban J connectivity index is 2.40. The van der Waals surface area contributed by atoms with Gasteiger partial charge in [-0.3, -0.25) is 0 Å². The van der Waals surface area contributed by atoms with E-state index in [0.29, 0.717) is 31.1 Å². The molecule has 0 radical (unpaired) electrons. The molecule has 0 unspecified atom stereocenters. The summed E-state index contributed by atoms with van der Waals surface area (Å²) >= 11 is 0. The summed E-state index contributed by atoms with van der Waals surface area (Å²) in [6.07, 6.45) is 3.55. The molecule has 1 aromatic heterocycles. The summed E-state index contributed by atoms with van der Waals surface area (Å²) in [5.74, 6) is 1.84. The van der Waals surface area contributed by atoms with Crippen molar-refractivity contribution in [1.82, 2.24) is 14.7 Å². The molecule has 1 aromatic rings. The molecule has 7 nitrogen and oxygen atoms in total. The van der Waals surface area contributed by atoms with Crippen LogP contribution in [0.25, 0.3) is 0 Å². The molecule has 0 fully saturated rings. The van der Waals surface area contributed by atoms with E-state index >= 15 is 0 Å². The fourth-order valence-electron chi connectivity index (χ4n) is 1.51. The standard InChI is InChI=1S/C11H21N5O2S/c1-3-5-10-15-9(12)8-11(16-10)13-6-4-7-14-19(2,17)18/h8,14H,3-7H2,1-2H3,(H3,12,13,15,16). The Morgan fingerprint density at radius 1 is 1.32 bits per heavy atom. The predicted octanol–water partition coefficient (Wildman–Crippen LogP) is 0.363. The summed E-state index contributed by atoms with van der Waals surface area (Å²) in [6, 6.07) is 1.67. The van der Waals surface area contributed by atoms with Gasteiger partial charge in [0.1, 0.15) is 17.5 Å². The van der Waals surface area contributed by atoms with Gasteiger partial charge >= 0.3 is 0 Å². The average Bonchev–Trinajstić information content (AvgIpc) is 2.26. The first kappa shape index (κ1) is 15.6. The van der Waals surface area contributed by atoms with Crippen molar-refractivity contribution in [3.05, 3.63) is 11.9 Å². The fraction of sp³-hybridized carbons (Fsp3) is 0.636. The van der Waals surface area contributed by atoms with E-state index in [4.69, 9.17) is 5.73 Å². The summed E-state index contributed by atoms with van der Waals surface area (Å²) in [5.41, 5.74) is 5.69. The van der Waals surface area contributed by atoms with Crippen LogP contribution in [0.5, 0.6) is 0 Å². The minimum atomic E-state index is -3.11. The molecule has 0 bridgehead atoms. The third-order valence-electron chi connectivity index (χ3n) is 2.29. The highest BCUT2D eigenvalue weighted by Gasteiger charge is 2.02. The Labute approximate surface area is 114 Å². The normalized spacial score (nSPS) is 11.5. The van der Waals surface area contributed by atoms with E-state index in [1.54, 1.807) is 6.07 Å². The molecule has 4 N–H and O–H groups in total. The van der Waals surface area contributed by atoms with Crippen LogP contribution < -0.4 is 15.8 Å². The highest BCUT2D eigenvalue weighted by atomic mass is 32.2. The van der Waals surface area contributed by atoms with Crippen molar-refractivity contribution in [1.29, 1.82) is 0 Å². The van der Waals surface area contributed by atoms with Gasteiger partial charge in [0.15, 0.2) is 0 Å². The second-order valence-corrected chi connectivity index (χ2v) is 6.12. The van der Waals surface area contributed by atoms with E-state index < -0.39 is 10.0 Å². The third-order valence-corrected chi connectivity index (χ3v) is 3.02. The quantitative estimate of drug-likeness (QED) is 0.596. The molecule has 0 saturated carbocycles. The molecule has 0 saturated heterocycles. The van der Waals surface area contributed by atoms with Crippen LogP contribution in [-0.2, 0) is 16.4 Å². The molecule has 108 valence electrons. The second kappa shape index (κ2) is 7.25. The molecule has 0 aliphatic heterocycles. The first-order chi connectivity index (χ1) is 8.90. The van der Waals surface area contributed by atoms with Crippen molar-refractivity contribution in [2.45, 2.75) is 26.2 Å². The van der Waals surface area contributed by atoms with Crippen LogP contribution >= 0.6 is 0 Å². The summed E-state index contributed by atoms with van der Waals surface area (Å²) in [7, 11) is -3.11.